The number of nitrogens with zero attached hydrogens (tertiary/aromatic N) is 2. The maximum Gasteiger partial charge on any atom is 0.259 e. The van der Waals surface area contributed by atoms with Gasteiger partial charge in [0.05, 0.1) is 14.9 Å². The van der Waals surface area contributed by atoms with E-state index in [0.29, 0.717) is 6.54 Å². The van der Waals surface area contributed by atoms with Gasteiger partial charge in [-0.15, -0.1) is 0 Å². The second kappa shape index (κ2) is 10.8. The van der Waals surface area contributed by atoms with Crippen molar-refractivity contribution in [1.82, 2.24) is 14.5 Å². The van der Waals surface area contributed by atoms with Gasteiger partial charge in [-0.1, -0.05) is 68.2 Å². The van der Waals surface area contributed by atoms with Crippen LogP contribution in [0.2, 0.25) is 10.0 Å². The molecule has 35 heavy (non-hydrogen) atoms. The van der Waals surface area contributed by atoms with E-state index in [0.717, 1.165) is 15.4 Å². The average Bonchev–Trinajstić information content (AvgIpc) is 3.25. The van der Waals surface area contributed by atoms with Crippen molar-refractivity contribution in [3.8, 4) is 0 Å². The second-order valence-electron chi connectivity index (χ2n) is 9.63. The maximum absolute atomic E-state index is 13.5. The molecule has 0 spiro atoms. The molecule has 1 aliphatic rings. The van der Waals surface area contributed by atoms with Crippen molar-refractivity contribution in [1.29, 1.82) is 0 Å². The first-order valence-corrected chi connectivity index (χ1v) is 13.3. The van der Waals surface area contributed by atoms with Gasteiger partial charge in [-0.2, -0.15) is 4.31 Å². The third-order valence-corrected chi connectivity index (χ3v) is 8.15. The van der Waals surface area contributed by atoms with Gasteiger partial charge in [0.15, 0.2) is 6.17 Å². The predicted molar refractivity (Wildman–Crippen MR) is 136 cm³/mol. The van der Waals surface area contributed by atoms with Crippen molar-refractivity contribution in [3.05, 3.63) is 63.6 Å². The van der Waals surface area contributed by atoms with E-state index in [4.69, 9.17) is 28.9 Å². The van der Waals surface area contributed by atoms with Crippen molar-refractivity contribution >= 4 is 45.0 Å². The molecule has 2 aromatic carbocycles. The highest BCUT2D eigenvalue weighted by atomic mass is 35.5. The molecule has 1 fully saturated rings. The molecule has 0 aromatic heterocycles. The Hall–Kier alpha value is -2.17. The number of amides is 2. The number of carbonyl (C=O) groups excluding carboxylic acids is 2. The van der Waals surface area contributed by atoms with Gasteiger partial charge < -0.3 is 16.0 Å². The minimum atomic E-state index is -4.16. The normalized spacial score (nSPS) is 17.0. The molecule has 2 amide bonds. The van der Waals surface area contributed by atoms with Crippen LogP contribution in [0.3, 0.4) is 0 Å². The van der Waals surface area contributed by atoms with E-state index in [1.807, 2.05) is 45.0 Å². The molecule has 8 nitrogen and oxygen atoms in total. The molecule has 3 N–H and O–H groups in total. The average molecular weight is 542 g/mol. The lowest BCUT2D eigenvalue weighted by Gasteiger charge is -2.30. The summed E-state index contributed by atoms with van der Waals surface area (Å²) in [4.78, 5) is 27.7. The van der Waals surface area contributed by atoms with Gasteiger partial charge in [-0.3, -0.25) is 9.59 Å². The standard InChI is InChI=1S/C24H30Cl2N4O4S/c1-24(2,3)13-21(31)29-9-10-30(35(33,34)18-7-8-19(25)20(26)12-18)23(29)22(32)28-15-17-6-4-5-16(11-17)14-27/h4-8,11-12,23H,9-10,13-15,27H2,1-3H3,(H,28,32). The lowest BCUT2D eigenvalue weighted by molar-refractivity contribution is -0.142. The molecule has 0 aliphatic carbocycles. The minimum absolute atomic E-state index is 0.0286. The number of carbonyl (C=O) groups is 2. The van der Waals surface area contributed by atoms with Crippen molar-refractivity contribution in [2.45, 2.75) is 51.3 Å². The molecular weight excluding hydrogens is 511 g/mol. The van der Waals surface area contributed by atoms with Crippen LogP contribution < -0.4 is 11.1 Å². The van der Waals surface area contributed by atoms with Gasteiger partial charge in [0.25, 0.3) is 5.91 Å². The predicted octanol–water partition coefficient (Wildman–Crippen LogP) is 3.36. The number of nitrogens with one attached hydrogen (secondary N) is 1. The highest BCUT2D eigenvalue weighted by molar-refractivity contribution is 7.89. The summed E-state index contributed by atoms with van der Waals surface area (Å²) in [6, 6.07) is 11.4. The summed E-state index contributed by atoms with van der Waals surface area (Å²) in [6.45, 7) is 6.30. The first kappa shape index (κ1) is 27.4. The SMILES string of the molecule is CC(C)(C)CC(=O)N1CCN(S(=O)(=O)c2ccc(Cl)c(Cl)c2)C1C(=O)NCc1cccc(CN)c1. The van der Waals surface area contributed by atoms with Gasteiger partial charge in [0.2, 0.25) is 15.9 Å². The van der Waals surface area contributed by atoms with Crippen LogP contribution in [0.1, 0.15) is 38.3 Å². The monoisotopic (exact) mass is 540 g/mol. The fraction of sp³-hybridized carbons (Fsp3) is 0.417. The van der Waals surface area contributed by atoms with Crippen LogP contribution in [0.25, 0.3) is 0 Å². The third-order valence-electron chi connectivity index (χ3n) is 5.56. The van der Waals surface area contributed by atoms with Gasteiger partial charge in [-0.05, 0) is 34.7 Å². The molecule has 0 saturated carbocycles. The Bertz CT molecular complexity index is 1210. The van der Waals surface area contributed by atoms with Crippen molar-refractivity contribution in [2.75, 3.05) is 13.1 Å². The third kappa shape index (κ3) is 6.54. The quantitative estimate of drug-likeness (QED) is 0.558. The number of sulfonamides is 1. The summed E-state index contributed by atoms with van der Waals surface area (Å²) >= 11 is 12.0. The summed E-state index contributed by atoms with van der Waals surface area (Å²) in [7, 11) is -4.16. The Labute approximate surface area is 216 Å². The molecule has 2 aromatic rings. The lowest BCUT2D eigenvalue weighted by atomic mass is 9.91. The zero-order valence-electron chi connectivity index (χ0n) is 19.9. The smallest absolute Gasteiger partial charge is 0.259 e. The molecule has 1 unspecified atom stereocenters. The number of nitrogens with two attached hydrogens (primary N) is 1. The Morgan fingerprint density at radius 2 is 1.74 bits per heavy atom. The van der Waals surface area contributed by atoms with E-state index in [1.165, 1.54) is 23.1 Å². The molecule has 1 atom stereocenters. The number of hydrogen-bond acceptors (Lipinski definition) is 5. The number of hydrogen-bond donors (Lipinski definition) is 2. The van der Waals surface area contributed by atoms with Gasteiger partial charge in [0, 0.05) is 32.6 Å². The Morgan fingerprint density at radius 3 is 2.37 bits per heavy atom. The van der Waals surface area contributed by atoms with Gasteiger partial charge >= 0.3 is 0 Å². The second-order valence-corrected chi connectivity index (χ2v) is 12.3. The van der Waals surface area contributed by atoms with E-state index >= 15 is 0 Å². The van der Waals surface area contributed by atoms with Crippen molar-refractivity contribution in [3.63, 3.8) is 0 Å². The van der Waals surface area contributed by atoms with E-state index in [-0.39, 0.29) is 52.3 Å². The summed E-state index contributed by atoms with van der Waals surface area (Å²) < 4.78 is 28.1. The molecule has 0 bridgehead atoms. The Balaban J connectivity index is 1.92. The molecule has 1 heterocycles. The van der Waals surface area contributed by atoms with Crippen LogP contribution in [-0.2, 0) is 32.7 Å². The summed E-state index contributed by atoms with van der Waals surface area (Å²) in [5.41, 5.74) is 7.08. The number of rotatable bonds is 7. The van der Waals surface area contributed by atoms with E-state index in [2.05, 4.69) is 5.32 Å². The largest absolute Gasteiger partial charge is 0.349 e. The minimum Gasteiger partial charge on any atom is -0.349 e. The van der Waals surface area contributed by atoms with Crippen molar-refractivity contribution < 1.29 is 18.0 Å². The molecule has 1 saturated heterocycles. The Morgan fingerprint density at radius 1 is 1.06 bits per heavy atom. The highest BCUT2D eigenvalue weighted by Crippen LogP contribution is 2.31. The van der Waals surface area contributed by atoms with Crippen LogP contribution in [0.5, 0.6) is 0 Å². The number of halogens is 2. The Kier molecular flexibility index (Phi) is 8.49. The van der Waals surface area contributed by atoms with E-state index in [9.17, 15) is 18.0 Å². The van der Waals surface area contributed by atoms with Crippen molar-refractivity contribution in [2.24, 2.45) is 11.1 Å². The van der Waals surface area contributed by atoms with Crippen LogP contribution in [-0.4, -0.2) is 48.7 Å². The van der Waals surface area contributed by atoms with E-state index < -0.39 is 22.1 Å². The van der Waals surface area contributed by atoms with Gasteiger partial charge in [0.1, 0.15) is 0 Å². The molecule has 3 rings (SSSR count). The summed E-state index contributed by atoms with van der Waals surface area (Å²) in [5, 5.41) is 3.08. The van der Waals surface area contributed by atoms with Crippen LogP contribution in [0.15, 0.2) is 47.4 Å². The zero-order chi connectivity index (χ0) is 26.0. The number of benzene rings is 2. The van der Waals surface area contributed by atoms with Crippen LogP contribution >= 0.6 is 23.2 Å². The zero-order valence-corrected chi connectivity index (χ0v) is 22.3. The molecule has 1 aliphatic heterocycles. The van der Waals surface area contributed by atoms with E-state index in [1.54, 1.807) is 0 Å². The maximum atomic E-state index is 13.5. The topological polar surface area (TPSA) is 113 Å². The summed E-state index contributed by atoms with van der Waals surface area (Å²) in [5.74, 6) is -0.888. The fourth-order valence-electron chi connectivity index (χ4n) is 3.87. The van der Waals surface area contributed by atoms with Crippen LogP contribution in [0.4, 0.5) is 0 Å². The molecule has 0 radical (unpaired) electrons. The first-order chi connectivity index (χ1) is 16.3. The first-order valence-electron chi connectivity index (χ1n) is 11.2. The lowest BCUT2D eigenvalue weighted by Crippen LogP contribution is -2.53. The van der Waals surface area contributed by atoms with Crippen LogP contribution in [0, 0.1) is 5.41 Å². The molecule has 190 valence electrons. The molecular formula is C24H30Cl2N4O4S. The van der Waals surface area contributed by atoms with Gasteiger partial charge in [-0.25, -0.2) is 8.42 Å². The summed E-state index contributed by atoms with van der Waals surface area (Å²) in [6.07, 6.45) is -1.17. The fourth-order valence-corrected chi connectivity index (χ4v) is 5.80. The molecule has 11 heteroatoms. The highest BCUT2D eigenvalue weighted by Gasteiger charge is 2.46.